The number of benzene rings is 1. The molecule has 0 spiro atoms. The first-order valence-electron chi connectivity index (χ1n) is 9.24. The minimum absolute atomic E-state index is 0.140. The van der Waals surface area contributed by atoms with Gasteiger partial charge in [-0.25, -0.2) is 4.79 Å². The lowest BCUT2D eigenvalue weighted by molar-refractivity contribution is -0.143. The van der Waals surface area contributed by atoms with Gasteiger partial charge in [-0.15, -0.1) is 0 Å². The van der Waals surface area contributed by atoms with E-state index in [0.717, 1.165) is 13.8 Å². The quantitative estimate of drug-likeness (QED) is 0.348. The zero-order valence-corrected chi connectivity index (χ0v) is 17.6. The first kappa shape index (κ1) is 28.3. The van der Waals surface area contributed by atoms with E-state index in [4.69, 9.17) is 39.5 Å². The van der Waals surface area contributed by atoms with Gasteiger partial charge in [0.15, 0.2) is 0 Å². The van der Waals surface area contributed by atoms with Gasteiger partial charge in [0.2, 0.25) is 0 Å². The summed E-state index contributed by atoms with van der Waals surface area (Å²) < 4.78 is 10.7. The summed E-state index contributed by atoms with van der Waals surface area (Å²) in [7, 11) is 0. The van der Waals surface area contributed by atoms with Crippen molar-refractivity contribution in [3.05, 3.63) is 48.0 Å². The van der Waals surface area contributed by atoms with Crippen LogP contribution in [0.25, 0.3) is 0 Å². The molecule has 1 aliphatic rings. The van der Waals surface area contributed by atoms with E-state index in [0.29, 0.717) is 11.1 Å². The van der Waals surface area contributed by atoms with E-state index < -0.39 is 48.0 Å². The minimum Gasteiger partial charge on any atom is -0.481 e. The number of carboxylic acids is 4. The van der Waals surface area contributed by atoms with Crippen molar-refractivity contribution in [1.82, 2.24) is 0 Å². The van der Waals surface area contributed by atoms with Crippen LogP contribution in [0.15, 0.2) is 42.5 Å². The molecule has 1 aromatic carbocycles. The zero-order chi connectivity index (χ0) is 24.8. The Kier molecular flexibility index (Phi) is 12.6. The number of hydrogen-bond acceptors (Lipinski definition) is 7. The number of ether oxygens (including phenoxy) is 2. The molecule has 1 heterocycles. The molecule has 176 valence electrons. The molecule has 0 saturated carbocycles. The van der Waals surface area contributed by atoms with Gasteiger partial charge >= 0.3 is 17.9 Å². The van der Waals surface area contributed by atoms with Crippen LogP contribution in [0, 0.1) is 5.92 Å². The van der Waals surface area contributed by atoms with Gasteiger partial charge in [-0.2, -0.15) is 0 Å². The maximum absolute atomic E-state index is 11.9. The monoisotopic (exact) mass is 454 g/mol. The molecule has 1 aliphatic heterocycles. The molecule has 2 rings (SSSR count). The average Bonchev–Trinajstić information content (AvgIpc) is 2.93. The molecule has 0 amide bonds. The Morgan fingerprint density at radius 2 is 1.38 bits per heavy atom. The maximum atomic E-state index is 11.9. The van der Waals surface area contributed by atoms with Crippen LogP contribution in [0.5, 0.6) is 0 Å². The van der Waals surface area contributed by atoms with E-state index in [-0.39, 0.29) is 19.4 Å². The molecule has 0 bridgehead atoms. The molecule has 1 aromatic rings. The van der Waals surface area contributed by atoms with Gasteiger partial charge < -0.3 is 29.9 Å². The lowest BCUT2D eigenvalue weighted by Crippen LogP contribution is -2.23. The number of carbonyl (C=O) groups is 5. The molecular weight excluding hydrogens is 428 g/mol. The summed E-state index contributed by atoms with van der Waals surface area (Å²) >= 11 is 0. The van der Waals surface area contributed by atoms with Gasteiger partial charge in [-0.05, 0) is 17.7 Å². The summed E-state index contributed by atoms with van der Waals surface area (Å²) in [4.78, 5) is 51.8. The Bertz CT molecular complexity index is 796. The van der Waals surface area contributed by atoms with Gasteiger partial charge in [0.1, 0.15) is 12.7 Å². The molecule has 3 atom stereocenters. The standard InChI is InChI=1S/C17H18O7.2C2H4O2/c1-10-12(7-15(18)19)13(8-16(20)21)24-14(10)9-23-17(22)11-5-3-2-4-6-11;2*1-2(3)4/h2-6,12-14H,1,7-9H2,(H,18,19)(H,20,21);2*1H3,(H,3,4)/t12-,13?,14-;;/m1../s1. The highest BCUT2D eigenvalue weighted by atomic mass is 16.6. The Balaban J connectivity index is 0.00000104. The lowest BCUT2D eigenvalue weighted by atomic mass is 9.90. The molecule has 0 radical (unpaired) electrons. The molecule has 4 N–H and O–H groups in total. The smallest absolute Gasteiger partial charge is 0.338 e. The molecule has 32 heavy (non-hydrogen) atoms. The molecular formula is C21H26O11. The predicted octanol–water partition coefficient (Wildman–Crippen LogP) is 1.91. The van der Waals surface area contributed by atoms with Gasteiger partial charge in [0, 0.05) is 19.8 Å². The van der Waals surface area contributed by atoms with Crippen LogP contribution in [0.4, 0.5) is 0 Å². The number of esters is 1. The molecule has 1 saturated heterocycles. The van der Waals surface area contributed by atoms with Crippen LogP contribution in [-0.4, -0.2) is 69.1 Å². The van der Waals surface area contributed by atoms with Gasteiger partial charge in [-0.3, -0.25) is 19.2 Å². The second-order valence-electron chi connectivity index (χ2n) is 6.54. The number of aliphatic carboxylic acids is 4. The van der Waals surface area contributed by atoms with E-state index in [1.807, 2.05) is 0 Å². The van der Waals surface area contributed by atoms with E-state index in [1.165, 1.54) is 0 Å². The highest BCUT2D eigenvalue weighted by Gasteiger charge is 2.41. The van der Waals surface area contributed by atoms with Crippen molar-refractivity contribution < 1.29 is 53.9 Å². The van der Waals surface area contributed by atoms with Crippen LogP contribution >= 0.6 is 0 Å². The van der Waals surface area contributed by atoms with Crippen molar-refractivity contribution in [1.29, 1.82) is 0 Å². The highest BCUT2D eigenvalue weighted by molar-refractivity contribution is 5.89. The third kappa shape index (κ3) is 12.1. The maximum Gasteiger partial charge on any atom is 0.338 e. The van der Waals surface area contributed by atoms with E-state index in [9.17, 15) is 14.4 Å². The fourth-order valence-corrected chi connectivity index (χ4v) is 2.64. The highest BCUT2D eigenvalue weighted by Crippen LogP contribution is 2.35. The largest absolute Gasteiger partial charge is 0.481 e. The fraction of sp³-hybridized carbons (Fsp3) is 0.381. The van der Waals surface area contributed by atoms with Crippen molar-refractivity contribution in [2.45, 2.75) is 38.9 Å². The second kappa shape index (κ2) is 14.3. The van der Waals surface area contributed by atoms with Gasteiger partial charge in [-0.1, -0.05) is 24.8 Å². The van der Waals surface area contributed by atoms with Crippen molar-refractivity contribution in [2.24, 2.45) is 5.92 Å². The molecule has 11 heteroatoms. The summed E-state index contributed by atoms with van der Waals surface area (Å²) in [6.07, 6.45) is -2.13. The van der Waals surface area contributed by atoms with Crippen LogP contribution in [0.3, 0.4) is 0 Å². The SMILES string of the molecule is C=C1[C@@H](CC(=O)O)C(CC(=O)O)O[C@@H]1COC(=O)c1ccccc1.CC(=O)O.CC(=O)O. The molecule has 0 aromatic heterocycles. The molecule has 1 unspecified atom stereocenters. The number of carbonyl (C=O) groups excluding carboxylic acids is 1. The van der Waals surface area contributed by atoms with Crippen molar-refractivity contribution >= 4 is 29.8 Å². The van der Waals surface area contributed by atoms with Crippen molar-refractivity contribution in [3.8, 4) is 0 Å². The van der Waals surface area contributed by atoms with Gasteiger partial charge in [0.25, 0.3) is 11.9 Å². The number of carboxylic acid groups (broad SMARTS) is 4. The second-order valence-corrected chi connectivity index (χ2v) is 6.54. The lowest BCUT2D eigenvalue weighted by Gasteiger charge is -2.14. The normalized spacial score (nSPS) is 18.8. The van der Waals surface area contributed by atoms with Crippen LogP contribution in [-0.2, 0) is 28.7 Å². The van der Waals surface area contributed by atoms with Crippen LogP contribution < -0.4 is 0 Å². The van der Waals surface area contributed by atoms with E-state index in [2.05, 4.69) is 6.58 Å². The van der Waals surface area contributed by atoms with Gasteiger partial charge in [0.05, 0.1) is 24.5 Å². The van der Waals surface area contributed by atoms with Crippen LogP contribution in [0.1, 0.15) is 37.0 Å². The predicted molar refractivity (Wildman–Crippen MR) is 109 cm³/mol. The molecule has 11 nitrogen and oxygen atoms in total. The Labute approximate surface area is 183 Å². The minimum atomic E-state index is -1.09. The third-order valence-electron chi connectivity index (χ3n) is 3.82. The van der Waals surface area contributed by atoms with Crippen molar-refractivity contribution in [2.75, 3.05) is 6.61 Å². The third-order valence-corrected chi connectivity index (χ3v) is 3.82. The first-order chi connectivity index (χ1) is 14.8. The Morgan fingerprint density at radius 1 is 0.906 bits per heavy atom. The Morgan fingerprint density at radius 3 is 1.81 bits per heavy atom. The Hall–Kier alpha value is -3.73. The van der Waals surface area contributed by atoms with Crippen LogP contribution in [0.2, 0.25) is 0 Å². The summed E-state index contributed by atoms with van der Waals surface area (Å²) in [5.74, 6) is -4.99. The topological polar surface area (TPSA) is 185 Å². The zero-order valence-electron chi connectivity index (χ0n) is 17.6. The molecule has 1 fully saturated rings. The first-order valence-corrected chi connectivity index (χ1v) is 9.24. The van der Waals surface area contributed by atoms with Crippen molar-refractivity contribution in [3.63, 3.8) is 0 Å². The number of rotatable bonds is 7. The summed E-state index contributed by atoms with van der Waals surface area (Å²) in [5, 5.41) is 32.7. The summed E-state index contributed by atoms with van der Waals surface area (Å²) in [5.41, 5.74) is 0.815. The van der Waals surface area contributed by atoms with E-state index in [1.54, 1.807) is 30.3 Å². The van der Waals surface area contributed by atoms with E-state index >= 15 is 0 Å². The average molecular weight is 454 g/mol. The molecule has 0 aliphatic carbocycles. The fourth-order valence-electron chi connectivity index (χ4n) is 2.64. The number of hydrogen-bond donors (Lipinski definition) is 4. The summed E-state index contributed by atoms with van der Waals surface area (Å²) in [6, 6.07) is 8.38. The summed E-state index contributed by atoms with van der Waals surface area (Å²) in [6.45, 7) is 5.83.